The summed E-state index contributed by atoms with van der Waals surface area (Å²) in [6, 6.07) is 15.4. The molecule has 164 valence electrons. The third-order valence-corrected chi connectivity index (χ3v) is 6.33. The number of ether oxygens (including phenoxy) is 2. The molecule has 4 aromatic rings. The molecule has 0 aliphatic carbocycles. The number of rotatable bonds is 8. The normalized spacial score (nSPS) is 11.7. The Labute approximate surface area is 193 Å². The Hall–Kier alpha value is -3.37. The summed E-state index contributed by atoms with van der Waals surface area (Å²) in [6.45, 7) is 1.83. The van der Waals surface area contributed by atoms with Crippen LogP contribution in [0.15, 0.2) is 65.3 Å². The average Bonchev–Trinajstić information content (AvgIpc) is 3.49. The van der Waals surface area contributed by atoms with E-state index in [1.54, 1.807) is 20.4 Å². The smallest absolute Gasteiger partial charge is 0.239 e. The first-order chi connectivity index (χ1) is 15.6. The summed E-state index contributed by atoms with van der Waals surface area (Å²) in [5, 5.41) is 14.2. The van der Waals surface area contributed by atoms with Gasteiger partial charge in [0.15, 0.2) is 27.6 Å². The molecule has 0 radical (unpaired) electrons. The van der Waals surface area contributed by atoms with Crippen LogP contribution in [0.1, 0.15) is 6.92 Å². The van der Waals surface area contributed by atoms with Crippen molar-refractivity contribution in [1.29, 1.82) is 0 Å². The molecule has 0 bridgehead atoms. The Morgan fingerprint density at radius 2 is 1.88 bits per heavy atom. The van der Waals surface area contributed by atoms with Crippen molar-refractivity contribution in [3.05, 3.63) is 60.1 Å². The Morgan fingerprint density at radius 3 is 2.56 bits per heavy atom. The molecule has 0 aliphatic rings. The Morgan fingerprint density at radius 1 is 1.09 bits per heavy atom. The molecule has 8 nitrogen and oxygen atoms in total. The summed E-state index contributed by atoms with van der Waals surface area (Å²) in [6.07, 6.45) is 1.65. The molecule has 2 aromatic heterocycles. The summed E-state index contributed by atoms with van der Waals surface area (Å²) in [5.41, 5.74) is 1.70. The lowest BCUT2D eigenvalue weighted by Gasteiger charge is -2.14. The van der Waals surface area contributed by atoms with Crippen LogP contribution in [0.4, 0.5) is 5.13 Å². The van der Waals surface area contributed by atoms with E-state index in [4.69, 9.17) is 9.47 Å². The van der Waals surface area contributed by atoms with Gasteiger partial charge in [-0.1, -0.05) is 30.0 Å². The minimum Gasteiger partial charge on any atom is -0.493 e. The van der Waals surface area contributed by atoms with Gasteiger partial charge < -0.3 is 14.8 Å². The standard InChI is InChI=1S/C22H21N5O3S2/c1-14(20(28)24-21-23-11-12-31-21)32-22-26-25-19(27(22)16-7-5-4-6-8-16)15-9-10-17(29-2)18(13-15)30-3/h4-14H,1-3H3,(H,23,24,28)/t14-/m1/s1. The zero-order chi connectivity index (χ0) is 22.5. The van der Waals surface area contributed by atoms with Crippen molar-refractivity contribution in [1.82, 2.24) is 19.7 Å². The molecule has 2 aromatic carbocycles. The number of thiazole rings is 1. The number of benzene rings is 2. The number of anilines is 1. The van der Waals surface area contributed by atoms with E-state index in [0.717, 1.165) is 11.3 Å². The molecule has 0 saturated carbocycles. The predicted octanol–water partition coefficient (Wildman–Crippen LogP) is 4.53. The average molecular weight is 468 g/mol. The maximum atomic E-state index is 12.6. The topological polar surface area (TPSA) is 91.2 Å². The predicted molar refractivity (Wildman–Crippen MR) is 126 cm³/mol. The molecule has 32 heavy (non-hydrogen) atoms. The number of carbonyl (C=O) groups excluding carboxylic acids is 1. The van der Waals surface area contributed by atoms with Crippen LogP contribution < -0.4 is 14.8 Å². The van der Waals surface area contributed by atoms with Crippen molar-refractivity contribution in [2.45, 2.75) is 17.3 Å². The Balaban J connectivity index is 1.69. The van der Waals surface area contributed by atoms with Gasteiger partial charge in [0.1, 0.15) is 0 Å². The highest BCUT2D eigenvalue weighted by atomic mass is 32.2. The summed E-state index contributed by atoms with van der Waals surface area (Å²) < 4.78 is 12.7. The van der Waals surface area contributed by atoms with Gasteiger partial charge in [0.2, 0.25) is 5.91 Å². The van der Waals surface area contributed by atoms with Crippen LogP contribution in [0.2, 0.25) is 0 Å². The van der Waals surface area contributed by atoms with Crippen LogP contribution in [0.5, 0.6) is 11.5 Å². The largest absolute Gasteiger partial charge is 0.493 e. The molecular weight excluding hydrogens is 446 g/mol. The van der Waals surface area contributed by atoms with Crippen molar-refractivity contribution in [3.8, 4) is 28.6 Å². The van der Waals surface area contributed by atoms with E-state index in [-0.39, 0.29) is 5.91 Å². The fourth-order valence-corrected chi connectivity index (χ4v) is 4.42. The van der Waals surface area contributed by atoms with E-state index < -0.39 is 5.25 Å². The summed E-state index contributed by atoms with van der Waals surface area (Å²) >= 11 is 2.70. The number of hydrogen-bond acceptors (Lipinski definition) is 8. The second kappa shape index (κ2) is 9.84. The molecule has 0 spiro atoms. The lowest BCUT2D eigenvalue weighted by molar-refractivity contribution is -0.115. The number of hydrogen-bond donors (Lipinski definition) is 1. The number of thioether (sulfide) groups is 1. The van der Waals surface area contributed by atoms with E-state index in [2.05, 4.69) is 20.5 Å². The fraction of sp³-hybridized carbons (Fsp3) is 0.182. The van der Waals surface area contributed by atoms with Gasteiger partial charge in [0.25, 0.3) is 0 Å². The second-order valence-corrected chi connectivity index (χ2v) is 8.84. The van der Waals surface area contributed by atoms with Crippen molar-refractivity contribution in [2.75, 3.05) is 19.5 Å². The minimum absolute atomic E-state index is 0.153. The third kappa shape index (κ3) is 4.61. The second-order valence-electron chi connectivity index (χ2n) is 6.63. The van der Waals surface area contributed by atoms with Crippen LogP contribution in [0.3, 0.4) is 0 Å². The Bertz CT molecular complexity index is 1200. The maximum Gasteiger partial charge on any atom is 0.239 e. The SMILES string of the molecule is COc1ccc(-c2nnc(S[C@H](C)C(=O)Nc3nccs3)n2-c2ccccc2)cc1OC. The number of nitrogens with one attached hydrogen (secondary N) is 1. The molecule has 0 fully saturated rings. The molecule has 2 heterocycles. The van der Waals surface area contributed by atoms with Crippen LogP contribution in [0, 0.1) is 0 Å². The zero-order valence-electron chi connectivity index (χ0n) is 17.7. The number of aromatic nitrogens is 4. The van der Waals surface area contributed by atoms with Gasteiger partial charge >= 0.3 is 0 Å². The first kappa shape index (κ1) is 21.8. The van der Waals surface area contributed by atoms with Gasteiger partial charge in [0.05, 0.1) is 19.5 Å². The maximum absolute atomic E-state index is 12.6. The highest BCUT2D eigenvalue weighted by Gasteiger charge is 2.23. The van der Waals surface area contributed by atoms with Gasteiger partial charge in [-0.05, 0) is 37.3 Å². The first-order valence-corrected chi connectivity index (χ1v) is 11.5. The fourth-order valence-electron chi connectivity index (χ4n) is 3.02. The molecule has 10 heteroatoms. The quantitative estimate of drug-likeness (QED) is 0.381. The van der Waals surface area contributed by atoms with Crippen molar-refractivity contribution >= 4 is 34.1 Å². The van der Waals surface area contributed by atoms with Crippen LogP contribution in [-0.2, 0) is 4.79 Å². The third-order valence-electron chi connectivity index (χ3n) is 4.60. The minimum atomic E-state index is -0.413. The summed E-state index contributed by atoms with van der Waals surface area (Å²) in [4.78, 5) is 16.7. The van der Waals surface area contributed by atoms with Crippen molar-refractivity contribution in [3.63, 3.8) is 0 Å². The van der Waals surface area contributed by atoms with Crippen LogP contribution in [0.25, 0.3) is 17.1 Å². The van der Waals surface area contributed by atoms with Crippen molar-refractivity contribution in [2.24, 2.45) is 0 Å². The molecule has 0 unspecified atom stereocenters. The van der Waals surface area contributed by atoms with E-state index in [1.165, 1.54) is 23.1 Å². The van der Waals surface area contributed by atoms with E-state index in [1.807, 2.05) is 65.4 Å². The number of carbonyl (C=O) groups is 1. The van der Waals surface area contributed by atoms with Crippen LogP contribution in [-0.4, -0.2) is 45.1 Å². The number of amides is 1. The van der Waals surface area contributed by atoms with Crippen molar-refractivity contribution < 1.29 is 14.3 Å². The number of nitrogens with zero attached hydrogens (tertiary/aromatic N) is 4. The zero-order valence-corrected chi connectivity index (χ0v) is 19.3. The first-order valence-electron chi connectivity index (χ1n) is 9.71. The number of para-hydroxylation sites is 1. The number of methoxy groups -OCH3 is 2. The summed E-state index contributed by atoms with van der Waals surface area (Å²) in [5.74, 6) is 1.70. The lowest BCUT2D eigenvalue weighted by atomic mass is 10.2. The highest BCUT2D eigenvalue weighted by molar-refractivity contribution is 8.00. The van der Waals surface area contributed by atoms with E-state index >= 15 is 0 Å². The Kier molecular flexibility index (Phi) is 6.72. The molecule has 1 atom stereocenters. The molecule has 0 aliphatic heterocycles. The van der Waals surface area contributed by atoms with E-state index in [9.17, 15) is 4.79 Å². The van der Waals surface area contributed by atoms with Gasteiger partial charge in [-0.15, -0.1) is 21.5 Å². The van der Waals surface area contributed by atoms with Gasteiger partial charge in [-0.3, -0.25) is 9.36 Å². The van der Waals surface area contributed by atoms with Gasteiger partial charge in [-0.2, -0.15) is 0 Å². The molecular formula is C22H21N5O3S2. The monoisotopic (exact) mass is 467 g/mol. The van der Waals surface area contributed by atoms with Gasteiger partial charge in [0, 0.05) is 22.8 Å². The molecule has 1 N–H and O–H groups in total. The summed E-state index contributed by atoms with van der Waals surface area (Å²) in [7, 11) is 3.18. The highest BCUT2D eigenvalue weighted by Crippen LogP contribution is 2.35. The molecule has 1 amide bonds. The lowest BCUT2D eigenvalue weighted by Crippen LogP contribution is -2.22. The van der Waals surface area contributed by atoms with Crippen LogP contribution >= 0.6 is 23.1 Å². The molecule has 4 rings (SSSR count). The van der Waals surface area contributed by atoms with E-state index in [0.29, 0.717) is 27.6 Å². The van der Waals surface area contributed by atoms with Gasteiger partial charge in [-0.25, -0.2) is 4.98 Å². The molecule has 0 saturated heterocycles.